The van der Waals surface area contributed by atoms with Gasteiger partial charge in [-0.1, -0.05) is 17.8 Å². The Morgan fingerprint density at radius 1 is 1.33 bits per heavy atom. The number of allylic oxidation sites excluding steroid dienone is 1. The molecule has 0 aromatic heterocycles. The molecule has 0 spiro atoms. The average Bonchev–Trinajstić information content (AvgIpc) is 2.44. The van der Waals surface area contributed by atoms with Crippen LogP contribution in [0.5, 0.6) is 0 Å². The molecule has 24 heavy (non-hydrogen) atoms. The molecule has 0 aliphatic carbocycles. The minimum atomic E-state index is -4.79. The Hall–Kier alpha value is 0.866. The van der Waals surface area contributed by atoms with Crippen molar-refractivity contribution < 1.29 is 95.0 Å². The van der Waals surface area contributed by atoms with Crippen LogP contribution in [0.15, 0.2) is 17.8 Å². The molecular weight excluding hydrogens is 395 g/mol. The largest absolute Gasteiger partial charge is 1.00 e. The van der Waals surface area contributed by atoms with Gasteiger partial charge in [-0.15, -0.1) is 6.58 Å². The van der Waals surface area contributed by atoms with Crippen molar-refractivity contribution in [1.82, 2.24) is 4.83 Å². The van der Waals surface area contributed by atoms with E-state index in [9.17, 15) is 28.3 Å². The molecule has 11 nitrogen and oxygen atoms in total. The molecule has 136 valence electrons. The number of nitrogens with one attached hydrogen (secondary N) is 1. The molecule has 0 bridgehead atoms. The van der Waals surface area contributed by atoms with Crippen molar-refractivity contribution in [2.75, 3.05) is 6.61 Å². The number of aliphatic hydroxyl groups excluding tert-OH is 4. The van der Waals surface area contributed by atoms with Gasteiger partial charge in [0.25, 0.3) is 0 Å². The SMILES string of the molecule is C=CC/C(=N\NS(=O)(=O)[O-])S[C@@H]1O[C@H](CO)[C@@H](O)[C@H](O)[C@H]1O.O.[K+]. The maximum atomic E-state index is 10.5. The first kappa shape index (κ1) is 27.1. The number of nitrogens with zero attached hydrogens (tertiary/aromatic N) is 1. The molecule has 1 rings (SSSR count). The van der Waals surface area contributed by atoms with Crippen LogP contribution in [0.25, 0.3) is 0 Å². The van der Waals surface area contributed by atoms with Crippen molar-refractivity contribution in [3.63, 3.8) is 0 Å². The third-order valence-corrected chi connectivity index (χ3v) is 4.17. The van der Waals surface area contributed by atoms with Gasteiger partial charge >= 0.3 is 51.4 Å². The molecule has 7 N–H and O–H groups in total. The van der Waals surface area contributed by atoms with Gasteiger partial charge in [-0.05, 0) is 0 Å². The summed E-state index contributed by atoms with van der Waals surface area (Å²) in [7, 11) is -4.79. The summed E-state index contributed by atoms with van der Waals surface area (Å²) in [6, 6.07) is 0. The molecule has 0 radical (unpaired) electrons. The van der Waals surface area contributed by atoms with Gasteiger partial charge in [0, 0.05) is 6.42 Å². The molecule has 1 aliphatic heterocycles. The number of hydrazone groups is 1. The molecule has 1 aliphatic rings. The summed E-state index contributed by atoms with van der Waals surface area (Å²) in [5.74, 6) is 0. The van der Waals surface area contributed by atoms with E-state index in [0.29, 0.717) is 0 Å². The van der Waals surface area contributed by atoms with Crippen molar-refractivity contribution in [3.8, 4) is 0 Å². The van der Waals surface area contributed by atoms with Crippen molar-refractivity contribution in [2.45, 2.75) is 36.3 Å². The summed E-state index contributed by atoms with van der Waals surface area (Å²) < 4.78 is 36.7. The second-order valence-electron chi connectivity index (χ2n) is 4.36. The zero-order valence-electron chi connectivity index (χ0n) is 12.8. The van der Waals surface area contributed by atoms with Gasteiger partial charge in [-0.2, -0.15) is 5.10 Å². The predicted octanol–water partition coefficient (Wildman–Crippen LogP) is -6.36. The van der Waals surface area contributed by atoms with Crippen LogP contribution in [-0.4, -0.2) is 80.4 Å². The molecule has 0 amide bonds. The molecule has 1 saturated heterocycles. The Bertz CT molecular complexity index is 516. The molecule has 0 aromatic carbocycles. The molecule has 1 fully saturated rings. The first-order valence-electron chi connectivity index (χ1n) is 6.07. The van der Waals surface area contributed by atoms with E-state index in [1.165, 1.54) is 10.9 Å². The molecule has 14 heteroatoms. The molecular formula is C10H19KN2O9S2. The molecule has 0 aromatic rings. The van der Waals surface area contributed by atoms with E-state index < -0.39 is 46.8 Å². The number of hydrogen-bond acceptors (Lipinski definition) is 10. The summed E-state index contributed by atoms with van der Waals surface area (Å²) in [6.45, 7) is 2.84. The van der Waals surface area contributed by atoms with Gasteiger partial charge in [0.1, 0.15) is 34.9 Å². The van der Waals surface area contributed by atoms with E-state index in [1.54, 1.807) is 0 Å². The van der Waals surface area contributed by atoms with Crippen molar-refractivity contribution in [1.29, 1.82) is 0 Å². The maximum Gasteiger partial charge on any atom is 1.00 e. The third kappa shape index (κ3) is 8.50. The van der Waals surface area contributed by atoms with Crippen molar-refractivity contribution >= 4 is 27.1 Å². The zero-order valence-corrected chi connectivity index (χ0v) is 17.5. The average molecular weight is 414 g/mol. The Morgan fingerprint density at radius 2 is 1.92 bits per heavy atom. The summed E-state index contributed by atoms with van der Waals surface area (Å²) in [4.78, 5) is 1.39. The van der Waals surface area contributed by atoms with Crippen LogP contribution < -0.4 is 56.2 Å². The Labute approximate surface area is 185 Å². The van der Waals surface area contributed by atoms with Crippen molar-refractivity contribution in [2.24, 2.45) is 5.10 Å². The van der Waals surface area contributed by atoms with Gasteiger partial charge in [0.15, 0.2) is 10.3 Å². The Kier molecular flexibility index (Phi) is 13.9. The number of thioether (sulfide) groups is 1. The second-order valence-corrected chi connectivity index (χ2v) is 6.62. The van der Waals surface area contributed by atoms with E-state index in [2.05, 4.69) is 11.7 Å². The fourth-order valence-corrected chi connectivity index (χ4v) is 3.01. The van der Waals surface area contributed by atoms with Gasteiger partial charge in [0.05, 0.1) is 6.61 Å². The Balaban J connectivity index is 0. The van der Waals surface area contributed by atoms with Gasteiger partial charge in [0.2, 0.25) is 0 Å². The third-order valence-electron chi connectivity index (χ3n) is 2.70. The molecule has 0 unspecified atom stereocenters. The summed E-state index contributed by atoms with van der Waals surface area (Å²) in [5, 5.41) is 41.6. The van der Waals surface area contributed by atoms with E-state index >= 15 is 0 Å². The van der Waals surface area contributed by atoms with E-state index in [1.807, 2.05) is 0 Å². The summed E-state index contributed by atoms with van der Waals surface area (Å²) >= 11 is 0.722. The van der Waals surface area contributed by atoms with Crippen molar-refractivity contribution in [3.05, 3.63) is 12.7 Å². The second kappa shape index (κ2) is 12.3. The summed E-state index contributed by atoms with van der Waals surface area (Å²) in [6.07, 6.45) is -4.25. The minimum absolute atomic E-state index is 0. The van der Waals surface area contributed by atoms with Gasteiger partial charge in [-0.3, -0.25) is 0 Å². The van der Waals surface area contributed by atoms with Crippen LogP contribution in [0.3, 0.4) is 0 Å². The van der Waals surface area contributed by atoms with E-state index in [-0.39, 0.29) is 68.3 Å². The monoisotopic (exact) mass is 414 g/mol. The van der Waals surface area contributed by atoms with Crippen LogP contribution in [0.4, 0.5) is 0 Å². The fraction of sp³-hybridized carbons (Fsp3) is 0.700. The number of aliphatic hydroxyl groups is 4. The van der Waals surface area contributed by atoms with Crippen LogP contribution in [0.2, 0.25) is 0 Å². The van der Waals surface area contributed by atoms with Gasteiger partial charge in [-0.25, -0.2) is 13.2 Å². The maximum absolute atomic E-state index is 10.5. The Morgan fingerprint density at radius 3 is 2.38 bits per heavy atom. The van der Waals surface area contributed by atoms with Crippen LogP contribution in [0, 0.1) is 0 Å². The molecule has 5 atom stereocenters. The van der Waals surface area contributed by atoms with E-state index in [0.717, 1.165) is 11.8 Å². The standard InChI is InChI=1S/C10H18N2O8S2.K.H2O/c1-2-3-6(11-12-22(17,18)19)21-10-9(16)8(15)7(14)5(4-13)20-10;;/h2,5,7-10,12-16H,1,3-4H2,(H,17,18,19);;1H2/q;+1;/p-1/b11-6+;;/t5-,7-,8+,9-,10+;;/m1../s1. The first-order valence-corrected chi connectivity index (χ1v) is 8.35. The minimum Gasteiger partial charge on any atom is -0.730 e. The number of hydrogen-bond donors (Lipinski definition) is 5. The van der Waals surface area contributed by atoms with Gasteiger partial charge < -0.3 is 35.2 Å². The summed E-state index contributed by atoms with van der Waals surface area (Å²) in [5.41, 5.74) is -1.13. The fourth-order valence-electron chi connectivity index (χ4n) is 1.65. The van der Waals surface area contributed by atoms with Crippen LogP contribution in [-0.2, 0) is 15.0 Å². The van der Waals surface area contributed by atoms with E-state index in [4.69, 9.17) is 9.84 Å². The van der Waals surface area contributed by atoms with Crippen LogP contribution >= 0.6 is 11.8 Å². The quantitative estimate of drug-likeness (QED) is 0.0699. The normalized spacial score (nSPS) is 30.7. The van der Waals surface area contributed by atoms with Crippen LogP contribution in [0.1, 0.15) is 6.42 Å². The number of ether oxygens (including phenoxy) is 1. The topological polar surface area (TPSA) is 203 Å². The molecule has 1 heterocycles. The smallest absolute Gasteiger partial charge is 0.730 e. The molecule has 0 saturated carbocycles. The zero-order chi connectivity index (χ0) is 16.9. The predicted molar refractivity (Wildman–Crippen MR) is 80.1 cm³/mol. The first-order chi connectivity index (χ1) is 10.2. The number of rotatable bonds is 6.